The van der Waals surface area contributed by atoms with Crippen LogP contribution in [0.2, 0.25) is 0 Å². The zero-order valence-electron chi connectivity index (χ0n) is 16.1. The molecule has 4 aromatic rings. The summed E-state index contributed by atoms with van der Waals surface area (Å²) >= 11 is 0. The molecule has 8 nitrogen and oxygen atoms in total. The molecule has 2 aromatic carbocycles. The van der Waals surface area contributed by atoms with Gasteiger partial charge in [-0.3, -0.25) is 4.72 Å². The molecule has 0 spiro atoms. The Morgan fingerprint density at radius 1 is 1.00 bits per heavy atom. The van der Waals surface area contributed by atoms with Crippen molar-refractivity contribution in [2.24, 2.45) is 0 Å². The Morgan fingerprint density at radius 2 is 1.83 bits per heavy atom. The fraction of sp³-hybridized carbons (Fsp3) is 0.150. The number of fused-ring (bicyclic) bond motifs is 1. The number of methoxy groups -OCH3 is 1. The fourth-order valence-corrected chi connectivity index (χ4v) is 4.16. The van der Waals surface area contributed by atoms with Crippen LogP contribution >= 0.6 is 0 Å². The maximum absolute atomic E-state index is 12.8. The van der Waals surface area contributed by atoms with E-state index >= 15 is 0 Å². The van der Waals surface area contributed by atoms with Crippen molar-refractivity contribution in [3.63, 3.8) is 0 Å². The molecular formula is C20H19N5O3S. The molecule has 0 amide bonds. The summed E-state index contributed by atoms with van der Waals surface area (Å²) in [6.45, 7) is 3.62. The second kappa shape index (κ2) is 7.17. The van der Waals surface area contributed by atoms with Gasteiger partial charge in [0.15, 0.2) is 11.5 Å². The van der Waals surface area contributed by atoms with Crippen LogP contribution in [0.4, 0.5) is 5.69 Å². The summed E-state index contributed by atoms with van der Waals surface area (Å²) in [5, 5.41) is 12.6. The molecule has 9 heteroatoms. The maximum Gasteiger partial charge on any atom is 0.261 e. The summed E-state index contributed by atoms with van der Waals surface area (Å²) in [6, 6.07) is 15.4. The first-order valence-corrected chi connectivity index (χ1v) is 10.3. The van der Waals surface area contributed by atoms with E-state index < -0.39 is 10.0 Å². The van der Waals surface area contributed by atoms with Gasteiger partial charge in [-0.2, -0.15) is 9.61 Å². The number of nitrogens with one attached hydrogen (secondary N) is 1. The van der Waals surface area contributed by atoms with Crippen LogP contribution in [0, 0.1) is 13.8 Å². The minimum atomic E-state index is -3.74. The van der Waals surface area contributed by atoms with Gasteiger partial charge in [0.05, 0.1) is 17.7 Å². The zero-order valence-corrected chi connectivity index (χ0v) is 16.9. The number of sulfonamides is 1. The standard InChI is InChI=1S/C20H19N5O3S/c1-13-11-17(7-9-19(13)28-3)29(26,27)24-16-6-4-5-15(12-16)18-8-10-20-22-21-14(2)25(20)23-18/h4-12,24H,1-3H3. The third kappa shape index (κ3) is 3.64. The van der Waals surface area contributed by atoms with Gasteiger partial charge >= 0.3 is 0 Å². The lowest BCUT2D eigenvalue weighted by Crippen LogP contribution is -2.13. The normalized spacial score (nSPS) is 11.6. The molecule has 2 aromatic heterocycles. The van der Waals surface area contributed by atoms with Gasteiger partial charge in [-0.05, 0) is 61.9 Å². The van der Waals surface area contributed by atoms with Crippen molar-refractivity contribution < 1.29 is 13.2 Å². The van der Waals surface area contributed by atoms with Crippen LogP contribution in [0.1, 0.15) is 11.4 Å². The summed E-state index contributed by atoms with van der Waals surface area (Å²) in [7, 11) is -2.19. The molecule has 0 aliphatic heterocycles. The van der Waals surface area contributed by atoms with Crippen molar-refractivity contribution in [3.8, 4) is 17.0 Å². The highest BCUT2D eigenvalue weighted by molar-refractivity contribution is 7.92. The van der Waals surface area contributed by atoms with E-state index in [0.29, 0.717) is 28.6 Å². The monoisotopic (exact) mass is 409 g/mol. The quantitative estimate of drug-likeness (QED) is 0.543. The molecule has 0 aliphatic carbocycles. The van der Waals surface area contributed by atoms with Gasteiger partial charge in [0, 0.05) is 11.3 Å². The molecule has 29 heavy (non-hydrogen) atoms. The highest BCUT2D eigenvalue weighted by Gasteiger charge is 2.16. The largest absolute Gasteiger partial charge is 0.496 e. The van der Waals surface area contributed by atoms with E-state index in [2.05, 4.69) is 20.0 Å². The highest BCUT2D eigenvalue weighted by Crippen LogP contribution is 2.25. The summed E-state index contributed by atoms with van der Waals surface area (Å²) in [5.74, 6) is 1.31. The number of hydrogen-bond donors (Lipinski definition) is 1. The van der Waals surface area contributed by atoms with Crippen LogP contribution in [0.15, 0.2) is 59.5 Å². The van der Waals surface area contributed by atoms with Gasteiger partial charge in [0.2, 0.25) is 0 Å². The molecule has 2 heterocycles. The van der Waals surface area contributed by atoms with E-state index in [0.717, 1.165) is 11.1 Å². The average molecular weight is 409 g/mol. The highest BCUT2D eigenvalue weighted by atomic mass is 32.2. The molecule has 0 unspecified atom stereocenters. The van der Waals surface area contributed by atoms with Crippen molar-refractivity contribution >= 4 is 21.4 Å². The minimum absolute atomic E-state index is 0.167. The Kier molecular flexibility index (Phi) is 4.67. The SMILES string of the molecule is COc1ccc(S(=O)(=O)Nc2cccc(-c3ccc4nnc(C)n4n3)c2)cc1C. The number of ether oxygens (including phenoxy) is 1. The lowest BCUT2D eigenvalue weighted by molar-refractivity contribution is 0.411. The molecule has 0 saturated heterocycles. The third-order valence-corrected chi connectivity index (χ3v) is 5.88. The fourth-order valence-electron chi connectivity index (χ4n) is 3.02. The van der Waals surface area contributed by atoms with Gasteiger partial charge in [-0.25, -0.2) is 8.42 Å². The molecule has 0 atom stereocenters. The van der Waals surface area contributed by atoms with Crippen LogP contribution in [0.3, 0.4) is 0 Å². The van der Waals surface area contributed by atoms with Crippen LogP contribution in [0.25, 0.3) is 16.9 Å². The molecule has 4 rings (SSSR count). The van der Waals surface area contributed by atoms with Crippen molar-refractivity contribution in [3.05, 3.63) is 66.0 Å². The van der Waals surface area contributed by atoms with Crippen molar-refractivity contribution in [2.45, 2.75) is 18.7 Å². The average Bonchev–Trinajstić information content (AvgIpc) is 3.08. The first-order valence-electron chi connectivity index (χ1n) is 8.84. The lowest BCUT2D eigenvalue weighted by atomic mass is 10.1. The van der Waals surface area contributed by atoms with Gasteiger partial charge in [0.1, 0.15) is 5.75 Å². The topological polar surface area (TPSA) is 98.5 Å². The van der Waals surface area contributed by atoms with Crippen LogP contribution in [-0.4, -0.2) is 35.3 Å². The molecule has 0 aliphatic rings. The first-order chi connectivity index (χ1) is 13.9. The number of anilines is 1. The second-order valence-electron chi connectivity index (χ2n) is 6.55. The molecule has 0 saturated carbocycles. The Balaban J connectivity index is 1.66. The minimum Gasteiger partial charge on any atom is -0.496 e. The number of nitrogens with zero attached hydrogens (tertiary/aromatic N) is 4. The van der Waals surface area contributed by atoms with E-state index in [1.807, 2.05) is 25.1 Å². The Hall–Kier alpha value is -3.46. The van der Waals surface area contributed by atoms with Crippen molar-refractivity contribution in [2.75, 3.05) is 11.8 Å². The van der Waals surface area contributed by atoms with E-state index in [1.165, 1.54) is 6.07 Å². The number of aryl methyl sites for hydroxylation is 2. The predicted molar refractivity (Wildman–Crippen MR) is 109 cm³/mol. The second-order valence-corrected chi connectivity index (χ2v) is 8.24. The van der Waals surface area contributed by atoms with Crippen molar-refractivity contribution in [1.82, 2.24) is 19.8 Å². The summed E-state index contributed by atoms with van der Waals surface area (Å²) in [5.41, 5.74) is 3.29. The summed E-state index contributed by atoms with van der Waals surface area (Å²) in [4.78, 5) is 0.167. The van der Waals surface area contributed by atoms with Crippen LogP contribution < -0.4 is 9.46 Å². The Bertz CT molecular complexity index is 1310. The van der Waals surface area contributed by atoms with Gasteiger partial charge in [0.25, 0.3) is 10.0 Å². The maximum atomic E-state index is 12.8. The zero-order chi connectivity index (χ0) is 20.6. The molecule has 1 N–H and O–H groups in total. The molecular weight excluding hydrogens is 390 g/mol. The first kappa shape index (κ1) is 18.9. The van der Waals surface area contributed by atoms with Crippen LogP contribution in [0.5, 0.6) is 5.75 Å². The molecule has 0 bridgehead atoms. The Labute approximate surface area is 168 Å². The van der Waals surface area contributed by atoms with Crippen molar-refractivity contribution in [1.29, 1.82) is 0 Å². The van der Waals surface area contributed by atoms with E-state index in [-0.39, 0.29) is 4.90 Å². The molecule has 148 valence electrons. The van der Waals surface area contributed by atoms with Gasteiger partial charge in [-0.15, -0.1) is 10.2 Å². The molecule has 0 fully saturated rings. The number of rotatable bonds is 5. The van der Waals surface area contributed by atoms with E-state index in [9.17, 15) is 8.42 Å². The van der Waals surface area contributed by atoms with E-state index in [1.54, 1.807) is 48.9 Å². The molecule has 0 radical (unpaired) electrons. The van der Waals surface area contributed by atoms with Gasteiger partial charge < -0.3 is 4.74 Å². The van der Waals surface area contributed by atoms with E-state index in [4.69, 9.17) is 4.74 Å². The summed E-state index contributed by atoms with van der Waals surface area (Å²) < 4.78 is 35.1. The Morgan fingerprint density at radius 3 is 2.59 bits per heavy atom. The summed E-state index contributed by atoms with van der Waals surface area (Å²) in [6.07, 6.45) is 0. The smallest absolute Gasteiger partial charge is 0.261 e. The van der Waals surface area contributed by atoms with Gasteiger partial charge in [-0.1, -0.05) is 12.1 Å². The number of benzene rings is 2. The van der Waals surface area contributed by atoms with Crippen LogP contribution in [-0.2, 0) is 10.0 Å². The number of aromatic nitrogens is 4. The predicted octanol–water partition coefficient (Wildman–Crippen LogP) is 3.22. The lowest BCUT2D eigenvalue weighted by Gasteiger charge is -2.11. The number of hydrogen-bond acceptors (Lipinski definition) is 6. The third-order valence-electron chi connectivity index (χ3n) is 4.51.